The van der Waals surface area contributed by atoms with Gasteiger partial charge in [0.25, 0.3) is 0 Å². The van der Waals surface area contributed by atoms with Crippen LogP contribution in [0.4, 0.5) is 5.82 Å². The summed E-state index contributed by atoms with van der Waals surface area (Å²) in [6.45, 7) is 4.60. The average Bonchev–Trinajstić information content (AvgIpc) is 2.31. The minimum Gasteiger partial charge on any atom is -0.469 e. The van der Waals surface area contributed by atoms with Crippen molar-refractivity contribution in [1.82, 2.24) is 9.97 Å². The second-order valence-corrected chi connectivity index (χ2v) is 4.02. The van der Waals surface area contributed by atoms with Gasteiger partial charge in [0.2, 0.25) is 0 Å². The van der Waals surface area contributed by atoms with Gasteiger partial charge in [-0.15, -0.1) is 0 Å². The van der Waals surface area contributed by atoms with E-state index in [0.717, 1.165) is 30.2 Å². The topological polar surface area (TPSA) is 55.3 Å². The number of hydrogen-bond acceptors (Lipinski definition) is 5. The molecule has 17 heavy (non-hydrogen) atoms. The number of hydrogen-bond donors (Lipinski definition) is 0. The van der Waals surface area contributed by atoms with Gasteiger partial charge in [-0.25, -0.2) is 4.98 Å². The molecule has 0 aromatic carbocycles. The maximum Gasteiger partial charge on any atom is 0.305 e. The third-order valence-corrected chi connectivity index (χ3v) is 2.51. The molecule has 0 amide bonds. The summed E-state index contributed by atoms with van der Waals surface area (Å²) in [5.41, 5.74) is 1.79. The largest absolute Gasteiger partial charge is 0.469 e. The molecule has 0 aliphatic heterocycles. The zero-order chi connectivity index (χ0) is 12.8. The quantitative estimate of drug-likeness (QED) is 0.726. The number of aromatic nitrogens is 2. The van der Waals surface area contributed by atoms with Gasteiger partial charge in [0.15, 0.2) is 0 Å². The van der Waals surface area contributed by atoms with Crippen molar-refractivity contribution in [2.45, 2.75) is 26.7 Å². The molecule has 0 saturated heterocycles. The highest BCUT2D eigenvalue weighted by molar-refractivity contribution is 5.69. The van der Waals surface area contributed by atoms with Crippen molar-refractivity contribution in [3.05, 3.63) is 17.6 Å². The molecule has 0 aliphatic carbocycles. The van der Waals surface area contributed by atoms with Gasteiger partial charge < -0.3 is 9.64 Å². The van der Waals surface area contributed by atoms with E-state index in [9.17, 15) is 4.79 Å². The summed E-state index contributed by atoms with van der Waals surface area (Å²) in [7, 11) is 3.36. The van der Waals surface area contributed by atoms with Crippen molar-refractivity contribution in [3.8, 4) is 0 Å². The normalized spacial score (nSPS) is 10.1. The number of carbonyl (C=O) groups excluding carboxylic acids is 1. The van der Waals surface area contributed by atoms with Gasteiger partial charge in [0.05, 0.1) is 18.5 Å². The van der Waals surface area contributed by atoms with Gasteiger partial charge in [0, 0.05) is 26.2 Å². The number of anilines is 1. The first kappa shape index (κ1) is 13.4. The maximum absolute atomic E-state index is 11.0. The lowest BCUT2D eigenvalue weighted by Gasteiger charge is -2.19. The fraction of sp³-hybridized carbons (Fsp3) is 0.583. The van der Waals surface area contributed by atoms with Crippen LogP contribution in [0, 0.1) is 13.8 Å². The molecule has 0 unspecified atom stereocenters. The molecule has 5 nitrogen and oxygen atoms in total. The SMILES string of the molecule is COC(=O)CCCN(C)c1nc(C)cnc1C. The van der Waals surface area contributed by atoms with E-state index in [4.69, 9.17) is 0 Å². The van der Waals surface area contributed by atoms with Crippen molar-refractivity contribution in [1.29, 1.82) is 0 Å². The second kappa shape index (κ2) is 6.18. The van der Waals surface area contributed by atoms with E-state index in [1.807, 2.05) is 25.8 Å². The molecule has 0 saturated carbocycles. The van der Waals surface area contributed by atoms with Crippen LogP contribution in [-0.2, 0) is 9.53 Å². The first-order valence-electron chi connectivity index (χ1n) is 5.62. The Kier molecular flexibility index (Phi) is 4.87. The molecule has 0 spiro atoms. The summed E-state index contributed by atoms with van der Waals surface area (Å²) >= 11 is 0. The van der Waals surface area contributed by atoms with Crippen LogP contribution in [0.2, 0.25) is 0 Å². The summed E-state index contributed by atoms with van der Waals surface area (Å²) in [6, 6.07) is 0. The molecule has 5 heteroatoms. The zero-order valence-electron chi connectivity index (χ0n) is 10.9. The smallest absolute Gasteiger partial charge is 0.305 e. The molecule has 94 valence electrons. The van der Waals surface area contributed by atoms with Crippen molar-refractivity contribution < 1.29 is 9.53 Å². The number of carbonyl (C=O) groups is 1. The Bertz CT molecular complexity index is 393. The molecule has 0 atom stereocenters. The van der Waals surface area contributed by atoms with Gasteiger partial charge >= 0.3 is 5.97 Å². The number of methoxy groups -OCH3 is 1. The van der Waals surface area contributed by atoms with Gasteiger partial charge in [-0.2, -0.15) is 0 Å². The van der Waals surface area contributed by atoms with Gasteiger partial charge in [-0.3, -0.25) is 9.78 Å². The van der Waals surface area contributed by atoms with E-state index in [2.05, 4.69) is 14.7 Å². The number of ether oxygens (including phenoxy) is 1. The van der Waals surface area contributed by atoms with Crippen LogP contribution in [-0.4, -0.2) is 36.6 Å². The van der Waals surface area contributed by atoms with E-state index in [1.165, 1.54) is 7.11 Å². The molecule has 1 rings (SSSR count). The predicted molar refractivity (Wildman–Crippen MR) is 66.0 cm³/mol. The highest BCUT2D eigenvalue weighted by atomic mass is 16.5. The highest BCUT2D eigenvalue weighted by Crippen LogP contribution is 2.14. The zero-order valence-corrected chi connectivity index (χ0v) is 10.9. The average molecular weight is 237 g/mol. The minimum absolute atomic E-state index is 0.176. The van der Waals surface area contributed by atoms with Crippen molar-refractivity contribution in [3.63, 3.8) is 0 Å². The first-order chi connectivity index (χ1) is 8.04. The standard InChI is InChI=1S/C12H19N3O2/c1-9-8-13-10(2)12(14-9)15(3)7-5-6-11(16)17-4/h8H,5-7H2,1-4H3. The summed E-state index contributed by atoms with van der Waals surface area (Å²) in [4.78, 5) is 21.7. The Morgan fingerprint density at radius 3 is 2.82 bits per heavy atom. The van der Waals surface area contributed by atoms with Crippen LogP contribution in [0.3, 0.4) is 0 Å². The summed E-state index contributed by atoms with van der Waals surface area (Å²) in [6.07, 6.45) is 2.93. The molecule has 1 heterocycles. The van der Waals surface area contributed by atoms with Gasteiger partial charge in [-0.05, 0) is 20.3 Å². The molecule has 0 bridgehead atoms. The van der Waals surface area contributed by atoms with E-state index in [-0.39, 0.29) is 5.97 Å². The third kappa shape index (κ3) is 4.01. The monoisotopic (exact) mass is 237 g/mol. The fourth-order valence-corrected chi connectivity index (χ4v) is 1.55. The first-order valence-corrected chi connectivity index (χ1v) is 5.62. The van der Waals surface area contributed by atoms with E-state index in [1.54, 1.807) is 6.20 Å². The molecule has 0 radical (unpaired) electrons. The molecular formula is C12H19N3O2. The lowest BCUT2D eigenvalue weighted by Crippen LogP contribution is -2.22. The summed E-state index contributed by atoms with van der Waals surface area (Å²) in [5, 5.41) is 0. The summed E-state index contributed by atoms with van der Waals surface area (Å²) < 4.78 is 4.60. The summed E-state index contributed by atoms with van der Waals surface area (Å²) in [5.74, 6) is 0.695. The molecule has 0 aliphatic rings. The van der Waals surface area contributed by atoms with E-state index in [0.29, 0.717) is 6.42 Å². The van der Waals surface area contributed by atoms with Crippen LogP contribution in [0.25, 0.3) is 0 Å². The van der Waals surface area contributed by atoms with Crippen LogP contribution in [0.5, 0.6) is 0 Å². The van der Waals surface area contributed by atoms with Gasteiger partial charge in [0.1, 0.15) is 5.82 Å². The third-order valence-electron chi connectivity index (χ3n) is 2.51. The Labute approximate surface area is 102 Å². The van der Waals surface area contributed by atoms with Crippen LogP contribution in [0.1, 0.15) is 24.2 Å². The highest BCUT2D eigenvalue weighted by Gasteiger charge is 2.08. The number of esters is 1. The lowest BCUT2D eigenvalue weighted by molar-refractivity contribution is -0.140. The molecular weight excluding hydrogens is 218 g/mol. The number of nitrogens with zero attached hydrogens (tertiary/aromatic N) is 3. The Balaban J connectivity index is 2.54. The molecule has 1 aromatic heterocycles. The van der Waals surface area contributed by atoms with Crippen LogP contribution in [0.15, 0.2) is 6.20 Å². The molecule has 1 aromatic rings. The minimum atomic E-state index is -0.176. The maximum atomic E-state index is 11.0. The fourth-order valence-electron chi connectivity index (χ4n) is 1.55. The van der Waals surface area contributed by atoms with Crippen molar-refractivity contribution in [2.24, 2.45) is 0 Å². The van der Waals surface area contributed by atoms with Crippen molar-refractivity contribution >= 4 is 11.8 Å². The lowest BCUT2D eigenvalue weighted by atomic mass is 10.3. The van der Waals surface area contributed by atoms with E-state index >= 15 is 0 Å². The van der Waals surface area contributed by atoms with Crippen LogP contribution >= 0.6 is 0 Å². The predicted octanol–water partition coefficient (Wildman–Crippen LogP) is 1.48. The van der Waals surface area contributed by atoms with Gasteiger partial charge in [-0.1, -0.05) is 0 Å². The van der Waals surface area contributed by atoms with Crippen LogP contribution < -0.4 is 4.90 Å². The number of rotatable bonds is 5. The second-order valence-electron chi connectivity index (χ2n) is 4.02. The number of aryl methyl sites for hydroxylation is 2. The Hall–Kier alpha value is -1.65. The Morgan fingerprint density at radius 1 is 1.47 bits per heavy atom. The Morgan fingerprint density at radius 2 is 2.18 bits per heavy atom. The van der Waals surface area contributed by atoms with Crippen molar-refractivity contribution in [2.75, 3.05) is 25.6 Å². The molecule has 0 N–H and O–H groups in total. The molecule has 0 fully saturated rings. The van der Waals surface area contributed by atoms with E-state index < -0.39 is 0 Å².